The Morgan fingerprint density at radius 2 is 2.28 bits per heavy atom. The van der Waals surface area contributed by atoms with Gasteiger partial charge >= 0.3 is 6.03 Å². The number of rotatable bonds is 6. The summed E-state index contributed by atoms with van der Waals surface area (Å²) in [5, 5.41) is 12.7. The highest BCUT2D eigenvalue weighted by atomic mass is 32.2. The summed E-state index contributed by atoms with van der Waals surface area (Å²) >= 11 is 1.80. The Hall–Kier alpha value is -0.420. The molecule has 1 aliphatic rings. The monoisotopic (exact) mass is 274 g/mol. The Kier molecular flexibility index (Phi) is 6.86. The van der Waals surface area contributed by atoms with Gasteiger partial charge in [0.15, 0.2) is 0 Å². The Morgan fingerprint density at radius 3 is 2.83 bits per heavy atom. The van der Waals surface area contributed by atoms with Gasteiger partial charge in [-0.15, -0.1) is 0 Å². The van der Waals surface area contributed by atoms with Gasteiger partial charge in [0.2, 0.25) is 0 Å². The molecule has 0 saturated heterocycles. The second-order valence-electron chi connectivity index (χ2n) is 5.39. The number of hydrogen-bond acceptors (Lipinski definition) is 3. The molecule has 0 heterocycles. The summed E-state index contributed by atoms with van der Waals surface area (Å²) < 4.78 is 0. The lowest BCUT2D eigenvalue weighted by Gasteiger charge is -2.24. The second-order valence-corrected chi connectivity index (χ2v) is 6.30. The molecule has 2 amide bonds. The van der Waals surface area contributed by atoms with Crippen molar-refractivity contribution in [1.29, 1.82) is 0 Å². The van der Waals surface area contributed by atoms with Crippen LogP contribution in [-0.2, 0) is 0 Å². The Labute approximate surface area is 115 Å². The maximum absolute atomic E-state index is 11.9. The van der Waals surface area contributed by atoms with Crippen LogP contribution in [0.2, 0.25) is 0 Å². The number of aliphatic hydroxyl groups excluding tert-OH is 1. The lowest BCUT2D eigenvalue weighted by atomic mass is 10.1. The van der Waals surface area contributed by atoms with E-state index in [1.807, 2.05) is 0 Å². The van der Waals surface area contributed by atoms with E-state index in [1.54, 1.807) is 23.7 Å². The summed E-state index contributed by atoms with van der Waals surface area (Å²) in [5.74, 6) is 1.81. The number of nitrogens with one attached hydrogen (secondary N) is 1. The molecule has 5 heteroatoms. The van der Waals surface area contributed by atoms with Crippen molar-refractivity contribution in [3.05, 3.63) is 0 Å². The molecule has 0 aliphatic heterocycles. The highest BCUT2D eigenvalue weighted by molar-refractivity contribution is 7.98. The van der Waals surface area contributed by atoms with Crippen molar-refractivity contribution in [2.45, 2.75) is 32.3 Å². The van der Waals surface area contributed by atoms with E-state index in [4.69, 9.17) is 0 Å². The minimum Gasteiger partial charge on any atom is -0.393 e. The van der Waals surface area contributed by atoms with Gasteiger partial charge in [-0.2, -0.15) is 11.8 Å². The predicted molar refractivity (Wildman–Crippen MR) is 76.9 cm³/mol. The van der Waals surface area contributed by atoms with Crippen molar-refractivity contribution in [2.24, 2.45) is 11.8 Å². The van der Waals surface area contributed by atoms with E-state index in [9.17, 15) is 9.90 Å². The molecule has 0 unspecified atom stereocenters. The van der Waals surface area contributed by atoms with Gasteiger partial charge < -0.3 is 15.3 Å². The fourth-order valence-electron chi connectivity index (χ4n) is 2.40. The van der Waals surface area contributed by atoms with Crippen molar-refractivity contribution in [3.63, 3.8) is 0 Å². The van der Waals surface area contributed by atoms with Crippen LogP contribution in [0, 0.1) is 11.8 Å². The van der Waals surface area contributed by atoms with Crippen LogP contribution >= 0.6 is 11.8 Å². The molecule has 18 heavy (non-hydrogen) atoms. The van der Waals surface area contributed by atoms with E-state index in [0.717, 1.165) is 31.6 Å². The van der Waals surface area contributed by atoms with Gasteiger partial charge in [-0.05, 0) is 30.8 Å². The molecule has 0 radical (unpaired) electrons. The maximum Gasteiger partial charge on any atom is 0.317 e. The highest BCUT2D eigenvalue weighted by Gasteiger charge is 2.27. The fraction of sp³-hybridized carbons (Fsp3) is 0.923. The number of thioether (sulfide) groups is 1. The topological polar surface area (TPSA) is 52.6 Å². The van der Waals surface area contributed by atoms with E-state index in [-0.39, 0.29) is 18.1 Å². The van der Waals surface area contributed by atoms with Gasteiger partial charge in [-0.3, -0.25) is 0 Å². The summed E-state index contributed by atoms with van der Waals surface area (Å²) in [5.41, 5.74) is 0. The minimum atomic E-state index is -0.226. The average Bonchev–Trinajstić information content (AvgIpc) is 2.72. The number of hydrogen-bond donors (Lipinski definition) is 2. The van der Waals surface area contributed by atoms with Crippen LogP contribution in [0.5, 0.6) is 0 Å². The zero-order chi connectivity index (χ0) is 13.5. The molecule has 0 aromatic heterocycles. The molecule has 0 aromatic carbocycles. The molecule has 1 fully saturated rings. The third-order valence-corrected chi connectivity index (χ3v) is 4.43. The van der Waals surface area contributed by atoms with Crippen molar-refractivity contribution < 1.29 is 9.90 Å². The van der Waals surface area contributed by atoms with E-state index < -0.39 is 0 Å². The molecule has 0 bridgehead atoms. The van der Waals surface area contributed by atoms with Crippen LogP contribution in [0.1, 0.15) is 26.2 Å². The minimum absolute atomic E-state index is 0.0259. The van der Waals surface area contributed by atoms with Crippen molar-refractivity contribution in [1.82, 2.24) is 10.2 Å². The van der Waals surface area contributed by atoms with Gasteiger partial charge in [0.25, 0.3) is 0 Å². The molecular weight excluding hydrogens is 248 g/mol. The second kappa shape index (κ2) is 7.89. The summed E-state index contributed by atoms with van der Waals surface area (Å²) in [6.45, 7) is 3.51. The highest BCUT2D eigenvalue weighted by Crippen LogP contribution is 2.25. The van der Waals surface area contributed by atoms with E-state index in [1.165, 1.54) is 0 Å². The molecule has 106 valence electrons. The molecule has 1 rings (SSSR count). The van der Waals surface area contributed by atoms with Gasteiger partial charge in [0, 0.05) is 26.1 Å². The van der Waals surface area contributed by atoms with Crippen molar-refractivity contribution >= 4 is 17.8 Å². The standard InChI is InChI=1S/C13H26N2O2S/c1-10(9-18-3)7-14-13(17)15(2)8-11-5-4-6-12(11)16/h10-12,16H,4-9H2,1-3H3,(H,14,17)/t10-,11+,12+/m1/s1. The summed E-state index contributed by atoms with van der Waals surface area (Å²) in [6, 6.07) is -0.0259. The molecule has 2 N–H and O–H groups in total. The normalized spacial score (nSPS) is 24.9. The lowest BCUT2D eigenvalue weighted by Crippen LogP contribution is -2.42. The van der Waals surface area contributed by atoms with Crippen LogP contribution in [0.4, 0.5) is 4.79 Å². The molecule has 3 atom stereocenters. The third kappa shape index (κ3) is 5.06. The lowest BCUT2D eigenvalue weighted by molar-refractivity contribution is 0.114. The first kappa shape index (κ1) is 15.6. The van der Waals surface area contributed by atoms with Crippen LogP contribution in [0.25, 0.3) is 0 Å². The zero-order valence-electron chi connectivity index (χ0n) is 11.7. The van der Waals surface area contributed by atoms with Gasteiger partial charge in [0.05, 0.1) is 6.10 Å². The molecule has 1 saturated carbocycles. The van der Waals surface area contributed by atoms with Gasteiger partial charge in [-0.25, -0.2) is 4.79 Å². The first-order valence-electron chi connectivity index (χ1n) is 6.70. The van der Waals surface area contributed by atoms with Crippen LogP contribution in [0.3, 0.4) is 0 Å². The molecule has 4 nitrogen and oxygen atoms in total. The SMILES string of the molecule is CSC[C@H](C)CNC(=O)N(C)C[C@@H]1CCC[C@@H]1O. The number of nitrogens with zero attached hydrogens (tertiary/aromatic N) is 1. The summed E-state index contributed by atoms with van der Waals surface area (Å²) in [6.07, 6.45) is 4.83. The molecule has 0 aromatic rings. The fourth-order valence-corrected chi connectivity index (χ4v) is 3.09. The average molecular weight is 274 g/mol. The first-order chi connectivity index (χ1) is 8.54. The quantitative estimate of drug-likeness (QED) is 0.776. The summed E-state index contributed by atoms with van der Waals surface area (Å²) in [4.78, 5) is 13.6. The third-order valence-electron chi connectivity index (χ3n) is 3.53. The summed E-state index contributed by atoms with van der Waals surface area (Å²) in [7, 11) is 1.81. The molecule has 1 aliphatic carbocycles. The Morgan fingerprint density at radius 1 is 1.56 bits per heavy atom. The number of urea groups is 1. The number of amides is 2. The first-order valence-corrected chi connectivity index (χ1v) is 8.10. The van der Waals surface area contributed by atoms with Crippen molar-refractivity contribution in [3.8, 4) is 0 Å². The molecular formula is C13H26N2O2S. The smallest absolute Gasteiger partial charge is 0.317 e. The predicted octanol–water partition coefficient (Wildman–Crippen LogP) is 1.79. The van der Waals surface area contributed by atoms with E-state index in [2.05, 4.69) is 18.5 Å². The van der Waals surface area contributed by atoms with Crippen LogP contribution in [-0.4, -0.2) is 54.3 Å². The maximum atomic E-state index is 11.9. The largest absolute Gasteiger partial charge is 0.393 e. The van der Waals surface area contributed by atoms with E-state index in [0.29, 0.717) is 12.5 Å². The number of carbonyl (C=O) groups is 1. The molecule has 0 spiro atoms. The Bertz CT molecular complexity index is 263. The number of aliphatic hydroxyl groups is 1. The Balaban J connectivity index is 2.24. The van der Waals surface area contributed by atoms with Gasteiger partial charge in [0.1, 0.15) is 0 Å². The van der Waals surface area contributed by atoms with Crippen molar-refractivity contribution in [2.75, 3.05) is 32.1 Å². The van der Waals surface area contributed by atoms with E-state index >= 15 is 0 Å². The zero-order valence-corrected chi connectivity index (χ0v) is 12.5. The number of carbonyl (C=O) groups excluding carboxylic acids is 1. The van der Waals surface area contributed by atoms with Gasteiger partial charge in [-0.1, -0.05) is 13.3 Å². The van der Waals surface area contributed by atoms with Crippen LogP contribution < -0.4 is 5.32 Å². The van der Waals surface area contributed by atoms with Crippen LogP contribution in [0.15, 0.2) is 0 Å².